The van der Waals surface area contributed by atoms with Crippen molar-refractivity contribution in [2.75, 3.05) is 26.3 Å². The largest absolute Gasteiger partial charge is 0.451 e. The van der Waals surface area contributed by atoms with Crippen molar-refractivity contribution in [3.05, 3.63) is 48.4 Å². The molecule has 7 nitrogen and oxygen atoms in total. The highest BCUT2D eigenvalue weighted by molar-refractivity contribution is 5.91. The zero-order valence-electron chi connectivity index (χ0n) is 15.4. The number of likely N-dealkylation sites (tertiary alicyclic amines) is 1. The van der Waals surface area contributed by atoms with E-state index in [2.05, 4.69) is 9.97 Å². The summed E-state index contributed by atoms with van der Waals surface area (Å²) in [7, 11) is 0. The van der Waals surface area contributed by atoms with Crippen molar-refractivity contribution in [1.82, 2.24) is 14.9 Å². The maximum Gasteiger partial charge on any atom is 0.275 e. The first-order valence-electron chi connectivity index (χ1n) is 9.55. The van der Waals surface area contributed by atoms with Crippen molar-refractivity contribution in [3.8, 4) is 0 Å². The number of amides is 1. The van der Waals surface area contributed by atoms with Crippen LogP contribution in [0.25, 0.3) is 0 Å². The van der Waals surface area contributed by atoms with Crippen LogP contribution in [-0.4, -0.2) is 52.7 Å². The van der Waals surface area contributed by atoms with Gasteiger partial charge in [0, 0.05) is 38.7 Å². The van der Waals surface area contributed by atoms with Gasteiger partial charge in [-0.1, -0.05) is 0 Å². The fourth-order valence-corrected chi connectivity index (χ4v) is 4.21. The van der Waals surface area contributed by atoms with Crippen molar-refractivity contribution in [2.45, 2.75) is 37.9 Å². The van der Waals surface area contributed by atoms with Crippen molar-refractivity contribution in [3.63, 3.8) is 0 Å². The second-order valence-electron chi connectivity index (χ2n) is 7.26. The number of nitrogens with zero attached hydrogens (tertiary/aromatic N) is 3. The Labute approximate surface area is 158 Å². The van der Waals surface area contributed by atoms with Crippen LogP contribution < -0.4 is 0 Å². The number of pyridine rings is 1. The molecule has 7 heteroatoms. The molecule has 4 rings (SSSR count). The van der Waals surface area contributed by atoms with E-state index in [1.807, 2.05) is 17.0 Å². The summed E-state index contributed by atoms with van der Waals surface area (Å²) in [5.41, 5.74) is 1.40. The van der Waals surface area contributed by atoms with Gasteiger partial charge in [0.15, 0.2) is 12.1 Å². The van der Waals surface area contributed by atoms with Crippen LogP contribution in [0.4, 0.5) is 0 Å². The Kier molecular flexibility index (Phi) is 5.50. The lowest BCUT2D eigenvalue weighted by Crippen LogP contribution is -2.49. The Balaban J connectivity index is 1.26. The molecule has 2 aliphatic rings. The lowest BCUT2D eigenvalue weighted by Gasteiger charge is -2.42. The Hall–Kier alpha value is -2.25. The van der Waals surface area contributed by atoms with E-state index in [9.17, 15) is 4.79 Å². The molecule has 27 heavy (non-hydrogen) atoms. The van der Waals surface area contributed by atoms with Gasteiger partial charge in [0.2, 0.25) is 0 Å². The molecule has 1 atom stereocenters. The number of hydrogen-bond acceptors (Lipinski definition) is 6. The monoisotopic (exact) mass is 371 g/mol. The standard InChI is InChI=1S/C20H25N3O4/c24-19(18-14-26-15-22-18)23-9-5-20(6-10-23)17(4-12-27-20)3-11-25-13-16-1-7-21-8-2-16/h1-2,7-8,14-15,17H,3-6,9-13H2/t17-/m0/s1. The predicted octanol–water partition coefficient (Wildman–Crippen LogP) is 2.69. The van der Waals surface area contributed by atoms with Crippen LogP contribution in [0.5, 0.6) is 0 Å². The van der Waals surface area contributed by atoms with Gasteiger partial charge in [-0.15, -0.1) is 0 Å². The highest BCUT2D eigenvalue weighted by atomic mass is 16.5. The molecule has 1 spiro atoms. The smallest absolute Gasteiger partial charge is 0.275 e. The Morgan fingerprint density at radius 2 is 2.11 bits per heavy atom. The summed E-state index contributed by atoms with van der Waals surface area (Å²) in [6.07, 6.45) is 10.1. The van der Waals surface area contributed by atoms with Gasteiger partial charge in [-0.05, 0) is 49.3 Å². The first-order chi connectivity index (χ1) is 13.3. The molecule has 144 valence electrons. The maximum atomic E-state index is 12.4. The molecule has 0 aliphatic carbocycles. The molecular formula is C20H25N3O4. The van der Waals surface area contributed by atoms with Crippen LogP contribution in [0.3, 0.4) is 0 Å². The number of oxazole rings is 1. The number of rotatable bonds is 6. The van der Waals surface area contributed by atoms with Gasteiger partial charge in [0.1, 0.15) is 6.26 Å². The third-order valence-electron chi connectivity index (χ3n) is 5.78. The molecule has 2 aliphatic heterocycles. The minimum Gasteiger partial charge on any atom is -0.451 e. The second kappa shape index (κ2) is 8.19. The molecule has 1 amide bonds. The predicted molar refractivity (Wildman–Crippen MR) is 96.9 cm³/mol. The van der Waals surface area contributed by atoms with Gasteiger partial charge in [-0.2, -0.15) is 0 Å². The second-order valence-corrected chi connectivity index (χ2v) is 7.26. The van der Waals surface area contributed by atoms with Crippen molar-refractivity contribution in [2.24, 2.45) is 5.92 Å². The molecule has 0 aromatic carbocycles. The summed E-state index contributed by atoms with van der Waals surface area (Å²) in [4.78, 5) is 22.3. The average Bonchev–Trinajstić information content (AvgIpc) is 3.37. The molecule has 2 aromatic rings. The van der Waals surface area contributed by atoms with Gasteiger partial charge < -0.3 is 18.8 Å². The molecule has 0 bridgehead atoms. The SMILES string of the molecule is O=C(c1cocn1)N1CCC2(CC1)OCC[C@@H]2CCOCc1ccncc1. The molecule has 0 saturated carbocycles. The van der Waals surface area contributed by atoms with Crippen LogP contribution in [0, 0.1) is 5.92 Å². The van der Waals surface area contributed by atoms with Crippen LogP contribution in [-0.2, 0) is 16.1 Å². The lowest BCUT2D eigenvalue weighted by atomic mass is 9.78. The summed E-state index contributed by atoms with van der Waals surface area (Å²) in [6.45, 7) is 3.52. The number of ether oxygens (including phenoxy) is 2. The number of hydrogen-bond donors (Lipinski definition) is 0. The van der Waals surface area contributed by atoms with E-state index < -0.39 is 0 Å². The van der Waals surface area contributed by atoms with Gasteiger partial charge in [-0.25, -0.2) is 4.98 Å². The minimum atomic E-state index is -0.110. The topological polar surface area (TPSA) is 77.7 Å². The maximum absolute atomic E-state index is 12.4. The molecule has 0 radical (unpaired) electrons. The third kappa shape index (κ3) is 4.04. The van der Waals surface area contributed by atoms with E-state index in [4.69, 9.17) is 13.9 Å². The minimum absolute atomic E-state index is 0.0613. The quantitative estimate of drug-likeness (QED) is 0.727. The third-order valence-corrected chi connectivity index (χ3v) is 5.78. The Morgan fingerprint density at radius 1 is 1.30 bits per heavy atom. The average molecular weight is 371 g/mol. The molecule has 0 N–H and O–H groups in total. The number of piperidine rings is 1. The molecule has 2 aromatic heterocycles. The summed E-state index contributed by atoms with van der Waals surface area (Å²) < 4.78 is 17.0. The summed E-state index contributed by atoms with van der Waals surface area (Å²) in [6, 6.07) is 3.95. The Morgan fingerprint density at radius 3 is 2.85 bits per heavy atom. The molecule has 2 saturated heterocycles. The molecular weight excluding hydrogens is 346 g/mol. The van der Waals surface area contributed by atoms with Crippen molar-refractivity contribution in [1.29, 1.82) is 0 Å². The summed E-state index contributed by atoms with van der Waals surface area (Å²) in [5, 5.41) is 0. The van der Waals surface area contributed by atoms with Crippen LogP contribution in [0.2, 0.25) is 0 Å². The van der Waals surface area contributed by atoms with Crippen LogP contribution >= 0.6 is 0 Å². The van der Waals surface area contributed by atoms with Crippen LogP contribution in [0.15, 0.2) is 41.6 Å². The van der Waals surface area contributed by atoms with Gasteiger partial charge in [0.05, 0.1) is 12.2 Å². The normalized spacial score (nSPS) is 21.6. The fourth-order valence-electron chi connectivity index (χ4n) is 4.21. The number of aromatic nitrogens is 2. The first kappa shape index (κ1) is 18.1. The molecule has 4 heterocycles. The zero-order valence-corrected chi connectivity index (χ0v) is 15.4. The molecule has 0 unspecified atom stereocenters. The van der Waals surface area contributed by atoms with Crippen molar-refractivity contribution < 1.29 is 18.7 Å². The van der Waals surface area contributed by atoms with Gasteiger partial charge in [-0.3, -0.25) is 9.78 Å². The highest BCUT2D eigenvalue weighted by Crippen LogP contribution is 2.42. The number of carbonyl (C=O) groups excluding carboxylic acids is 1. The zero-order chi connectivity index (χ0) is 18.5. The van der Waals surface area contributed by atoms with E-state index >= 15 is 0 Å². The van der Waals surface area contributed by atoms with Crippen LogP contribution in [0.1, 0.15) is 41.7 Å². The van der Waals surface area contributed by atoms with E-state index in [0.29, 0.717) is 31.3 Å². The first-order valence-corrected chi connectivity index (χ1v) is 9.55. The Bertz CT molecular complexity index is 727. The highest BCUT2D eigenvalue weighted by Gasteiger charge is 2.46. The molecule has 2 fully saturated rings. The van der Waals surface area contributed by atoms with Crippen molar-refractivity contribution >= 4 is 5.91 Å². The van der Waals surface area contributed by atoms with E-state index in [-0.39, 0.29) is 11.5 Å². The van der Waals surface area contributed by atoms with Gasteiger partial charge >= 0.3 is 0 Å². The lowest BCUT2D eigenvalue weighted by molar-refractivity contribution is -0.0675. The number of carbonyl (C=O) groups is 1. The summed E-state index contributed by atoms with van der Waals surface area (Å²) in [5.74, 6) is 0.424. The van der Waals surface area contributed by atoms with E-state index in [1.54, 1.807) is 12.4 Å². The van der Waals surface area contributed by atoms with Gasteiger partial charge in [0.25, 0.3) is 5.91 Å². The van der Waals surface area contributed by atoms with E-state index in [1.165, 1.54) is 12.7 Å². The van der Waals surface area contributed by atoms with E-state index in [0.717, 1.165) is 44.5 Å². The fraction of sp³-hybridized carbons (Fsp3) is 0.550. The summed E-state index contributed by atoms with van der Waals surface area (Å²) >= 11 is 0.